The van der Waals surface area contributed by atoms with Crippen molar-refractivity contribution in [3.63, 3.8) is 0 Å². The van der Waals surface area contributed by atoms with Crippen molar-refractivity contribution in [1.29, 1.82) is 0 Å². The van der Waals surface area contributed by atoms with Crippen LogP contribution in [0, 0.1) is 5.92 Å². The van der Waals surface area contributed by atoms with Gasteiger partial charge in [0, 0.05) is 17.5 Å². The number of hydrogen-bond acceptors (Lipinski definition) is 8. The van der Waals surface area contributed by atoms with Gasteiger partial charge in [0.15, 0.2) is 5.65 Å². The van der Waals surface area contributed by atoms with Crippen molar-refractivity contribution in [1.82, 2.24) is 20.3 Å². The Balaban J connectivity index is 1.56. The molecule has 29 heavy (non-hydrogen) atoms. The lowest BCUT2D eigenvalue weighted by Gasteiger charge is -2.15. The summed E-state index contributed by atoms with van der Waals surface area (Å²) in [6.07, 6.45) is 3.93. The van der Waals surface area contributed by atoms with Gasteiger partial charge in [-0.25, -0.2) is 23.9 Å². The Labute approximate surface area is 176 Å². The van der Waals surface area contributed by atoms with E-state index in [1.807, 2.05) is 5.38 Å². The van der Waals surface area contributed by atoms with Crippen LogP contribution >= 0.6 is 24.2 Å². The van der Waals surface area contributed by atoms with Gasteiger partial charge in [0.05, 0.1) is 18.5 Å². The van der Waals surface area contributed by atoms with Crippen molar-refractivity contribution in [3.8, 4) is 11.3 Å². The molecular weight excluding hydrogens is 410 g/mol. The summed E-state index contributed by atoms with van der Waals surface area (Å²) in [5.74, 6) is 0.572. The summed E-state index contributed by atoms with van der Waals surface area (Å²) in [5.41, 5.74) is 2.32. The van der Waals surface area contributed by atoms with E-state index in [1.165, 1.54) is 15.6 Å². The molecule has 8 nitrogen and oxygen atoms in total. The predicted molar refractivity (Wildman–Crippen MR) is 114 cm³/mol. The second-order valence-corrected chi connectivity index (χ2v) is 7.94. The molecule has 3 heterocycles. The lowest BCUT2D eigenvalue weighted by atomic mass is 10.2. The molecule has 1 N–H and O–H groups in total. The second-order valence-electron chi connectivity index (χ2n) is 6.63. The van der Waals surface area contributed by atoms with Crippen LogP contribution in [0.5, 0.6) is 0 Å². The van der Waals surface area contributed by atoms with Crippen LogP contribution in [0.25, 0.3) is 22.4 Å². The molecule has 0 atom stereocenters. The number of nitrogens with zero attached hydrogens (tertiary/aromatic N) is 4. The van der Waals surface area contributed by atoms with Crippen LogP contribution in [0.3, 0.4) is 0 Å². The van der Waals surface area contributed by atoms with Gasteiger partial charge in [-0.05, 0) is 43.9 Å². The van der Waals surface area contributed by atoms with Gasteiger partial charge in [-0.15, -0.1) is 11.3 Å². The molecule has 1 fully saturated rings. The van der Waals surface area contributed by atoms with E-state index < -0.39 is 0 Å². The molecule has 0 unspecified atom stereocenters. The zero-order valence-corrected chi connectivity index (χ0v) is 17.4. The van der Waals surface area contributed by atoms with Crippen molar-refractivity contribution < 1.29 is 14.3 Å². The number of fused-ring (bicyclic) bond motifs is 1. The van der Waals surface area contributed by atoms with Crippen molar-refractivity contribution in [2.45, 2.75) is 19.8 Å². The Hall–Kier alpha value is -2.72. The largest absolute Gasteiger partial charge is 0.462 e. The van der Waals surface area contributed by atoms with Crippen LogP contribution in [0.2, 0.25) is 0 Å². The fourth-order valence-corrected chi connectivity index (χ4v) is 3.63. The number of hydrogen-bond donors (Lipinski definition) is 2. The monoisotopic (exact) mass is 429 g/mol. The predicted octanol–water partition coefficient (Wildman–Crippen LogP) is 3.70. The maximum absolute atomic E-state index is 12.2. The Morgan fingerprint density at radius 1 is 1.34 bits per heavy atom. The third kappa shape index (κ3) is 4.48. The number of carbonyl (C=O) groups excluding carboxylic acids is 2. The molecule has 1 saturated carbocycles. The third-order valence-corrected chi connectivity index (χ3v) is 5.71. The van der Waals surface area contributed by atoms with Crippen LogP contribution in [0.15, 0.2) is 29.8 Å². The molecule has 0 spiro atoms. The molecule has 3 aromatic heterocycles. The van der Waals surface area contributed by atoms with Crippen molar-refractivity contribution in [2.24, 2.45) is 5.92 Å². The number of amides is 2. The molecule has 1 aliphatic carbocycles. The number of aromatic nitrogens is 3. The first-order valence-electron chi connectivity index (χ1n) is 9.22. The Morgan fingerprint density at radius 2 is 2.17 bits per heavy atom. The maximum Gasteiger partial charge on any atom is 0.348 e. The minimum atomic E-state index is -0.360. The molecule has 4 rings (SSSR count). The summed E-state index contributed by atoms with van der Waals surface area (Å²) in [4.78, 5) is 38.0. The third-order valence-electron chi connectivity index (χ3n) is 4.41. The van der Waals surface area contributed by atoms with Crippen LogP contribution < -0.4 is 9.62 Å². The van der Waals surface area contributed by atoms with Crippen LogP contribution in [0.4, 0.5) is 10.6 Å². The lowest BCUT2D eigenvalue weighted by molar-refractivity contribution is 0.0532. The highest BCUT2D eigenvalue weighted by molar-refractivity contribution is 7.82. The standard InChI is InChI=1S/C19H19N5O3S2/c1-2-27-18(25)15-7-12(10-29-15)14-9-20-13-5-6-16(23-17(13)22-14)24(28)19(26)21-8-11-3-4-11/h5-7,9-11,28H,2-4,8H2,1H3,(H,21,26). The molecule has 10 heteroatoms. The molecule has 3 aromatic rings. The highest BCUT2D eigenvalue weighted by Gasteiger charge is 2.23. The molecule has 0 aromatic carbocycles. The fourth-order valence-electron chi connectivity index (χ4n) is 2.66. The van der Waals surface area contributed by atoms with Crippen molar-refractivity contribution in [2.75, 3.05) is 17.5 Å². The van der Waals surface area contributed by atoms with Gasteiger partial charge in [0.25, 0.3) is 0 Å². The van der Waals surface area contributed by atoms with E-state index in [0.717, 1.165) is 18.4 Å². The molecule has 0 radical (unpaired) electrons. The molecule has 0 saturated heterocycles. The van der Waals surface area contributed by atoms with Gasteiger partial charge >= 0.3 is 12.0 Å². The van der Waals surface area contributed by atoms with Gasteiger partial charge in [-0.1, -0.05) is 12.8 Å². The minimum Gasteiger partial charge on any atom is -0.462 e. The summed E-state index contributed by atoms with van der Waals surface area (Å²) in [6, 6.07) is 4.81. The van der Waals surface area contributed by atoms with Gasteiger partial charge in [0.1, 0.15) is 16.2 Å². The molecule has 2 amide bonds. The zero-order chi connectivity index (χ0) is 20.4. The number of ether oxygens (including phenoxy) is 1. The molecule has 150 valence electrons. The van der Waals surface area contributed by atoms with Crippen molar-refractivity contribution >= 4 is 53.1 Å². The maximum atomic E-state index is 12.2. The number of thiol groups is 1. The zero-order valence-electron chi connectivity index (χ0n) is 15.7. The van der Waals surface area contributed by atoms with Gasteiger partial charge < -0.3 is 10.1 Å². The average Bonchev–Trinajstić information content (AvgIpc) is 3.44. The number of urea groups is 1. The van der Waals surface area contributed by atoms with E-state index in [4.69, 9.17) is 4.74 Å². The first-order valence-corrected chi connectivity index (χ1v) is 10.5. The van der Waals surface area contributed by atoms with Gasteiger partial charge in [-0.3, -0.25) is 4.98 Å². The number of anilines is 1. The molecule has 0 aliphatic heterocycles. The molecule has 0 bridgehead atoms. The van der Waals surface area contributed by atoms with Gasteiger partial charge in [0.2, 0.25) is 0 Å². The topological polar surface area (TPSA) is 97.3 Å². The van der Waals surface area contributed by atoms with Crippen LogP contribution in [0.1, 0.15) is 29.4 Å². The SMILES string of the molecule is CCOC(=O)c1cc(-c2cnc3ccc(N(S)C(=O)NCC4CC4)nc3n2)cs1. The number of nitrogens with one attached hydrogen (secondary N) is 1. The highest BCUT2D eigenvalue weighted by Crippen LogP contribution is 2.28. The molecular formula is C19H19N5O3S2. The van der Waals surface area contributed by atoms with E-state index in [9.17, 15) is 9.59 Å². The van der Waals surface area contributed by atoms with Gasteiger partial charge in [-0.2, -0.15) is 0 Å². The number of esters is 1. The summed E-state index contributed by atoms with van der Waals surface area (Å²) in [6.45, 7) is 2.73. The first kappa shape index (κ1) is 19.6. The van der Waals surface area contributed by atoms with Crippen LogP contribution in [-0.2, 0) is 4.74 Å². The van der Waals surface area contributed by atoms with E-state index in [1.54, 1.807) is 31.3 Å². The minimum absolute atomic E-state index is 0.322. The number of carbonyl (C=O) groups is 2. The summed E-state index contributed by atoms with van der Waals surface area (Å²) >= 11 is 5.55. The van der Waals surface area contributed by atoms with E-state index in [2.05, 4.69) is 33.1 Å². The first-order chi connectivity index (χ1) is 14.0. The van der Waals surface area contributed by atoms with E-state index >= 15 is 0 Å². The van der Waals surface area contributed by atoms with E-state index in [-0.39, 0.29) is 12.0 Å². The molecule has 1 aliphatic rings. The quantitative estimate of drug-likeness (QED) is 0.458. The summed E-state index contributed by atoms with van der Waals surface area (Å²) < 4.78 is 6.19. The Kier molecular flexibility index (Phi) is 5.63. The lowest BCUT2D eigenvalue weighted by Crippen LogP contribution is -2.35. The number of pyridine rings is 1. The smallest absolute Gasteiger partial charge is 0.348 e. The Bertz CT molecular complexity index is 1070. The number of rotatable bonds is 6. The normalized spacial score (nSPS) is 13.3. The fraction of sp³-hybridized carbons (Fsp3) is 0.316. The highest BCUT2D eigenvalue weighted by atomic mass is 32.1. The van der Waals surface area contributed by atoms with Crippen LogP contribution in [-0.4, -0.2) is 40.1 Å². The second kappa shape index (κ2) is 8.34. The summed E-state index contributed by atoms with van der Waals surface area (Å²) in [5, 5.41) is 4.67. The Morgan fingerprint density at radius 3 is 2.93 bits per heavy atom. The summed E-state index contributed by atoms with van der Waals surface area (Å²) in [7, 11) is 0. The average molecular weight is 430 g/mol. The van der Waals surface area contributed by atoms with Crippen molar-refractivity contribution in [3.05, 3.63) is 34.7 Å². The van der Waals surface area contributed by atoms with E-state index in [0.29, 0.717) is 46.6 Å². The number of thiophene rings is 1.